The van der Waals surface area contributed by atoms with E-state index in [0.29, 0.717) is 29.2 Å². The lowest BCUT2D eigenvalue weighted by molar-refractivity contribution is 0.452. The zero-order valence-corrected chi connectivity index (χ0v) is 12.6. The van der Waals surface area contributed by atoms with Crippen molar-refractivity contribution in [1.82, 2.24) is 9.71 Å². The lowest BCUT2D eigenvalue weighted by atomic mass is 10.1. The Balaban J connectivity index is 2.15. The summed E-state index contributed by atoms with van der Waals surface area (Å²) in [6, 6.07) is 6.36. The smallest absolute Gasteiger partial charge is 0.241 e. The quantitative estimate of drug-likeness (QED) is 0.910. The molecule has 0 bridgehead atoms. The van der Waals surface area contributed by atoms with Gasteiger partial charge in [0.2, 0.25) is 15.9 Å². The molecule has 0 aliphatic rings. The van der Waals surface area contributed by atoms with E-state index in [1.54, 1.807) is 13.1 Å². The average molecular weight is 305 g/mol. The van der Waals surface area contributed by atoms with E-state index in [0.717, 1.165) is 0 Å². The maximum absolute atomic E-state index is 12.2. The second-order valence-electron chi connectivity index (χ2n) is 4.49. The van der Waals surface area contributed by atoms with Crippen molar-refractivity contribution in [2.45, 2.75) is 31.7 Å². The maximum Gasteiger partial charge on any atom is 0.241 e. The summed E-state index contributed by atoms with van der Waals surface area (Å²) in [6.45, 7) is 3.61. The first kappa shape index (κ1) is 15.2. The van der Waals surface area contributed by atoms with Crippen molar-refractivity contribution < 1.29 is 12.8 Å². The lowest BCUT2D eigenvalue weighted by Crippen LogP contribution is -2.23. The molecule has 21 heavy (non-hydrogen) atoms. The standard InChI is InChI=1S/C14H15N3O3S/c1-3-12-8-16-14(20-12)9-17-21(18,19)13-5-4-11(7-15)10(2)6-13/h4-6,8,17H,3,9H2,1-2H3. The summed E-state index contributed by atoms with van der Waals surface area (Å²) in [4.78, 5) is 4.10. The van der Waals surface area contributed by atoms with Gasteiger partial charge in [-0.3, -0.25) is 0 Å². The molecule has 0 amide bonds. The second kappa shape index (κ2) is 6.08. The largest absolute Gasteiger partial charge is 0.444 e. The third-order valence-electron chi connectivity index (χ3n) is 2.99. The van der Waals surface area contributed by atoms with Gasteiger partial charge < -0.3 is 4.42 Å². The summed E-state index contributed by atoms with van der Waals surface area (Å²) in [5.74, 6) is 1.03. The Morgan fingerprint density at radius 2 is 2.19 bits per heavy atom. The highest BCUT2D eigenvalue weighted by Gasteiger charge is 2.16. The molecule has 1 N–H and O–H groups in total. The van der Waals surface area contributed by atoms with Gasteiger partial charge in [-0.05, 0) is 30.7 Å². The van der Waals surface area contributed by atoms with Crippen molar-refractivity contribution >= 4 is 10.0 Å². The summed E-state index contributed by atoms with van der Waals surface area (Å²) < 4.78 is 32.1. The number of oxazole rings is 1. The van der Waals surface area contributed by atoms with Gasteiger partial charge in [-0.2, -0.15) is 5.26 Å². The molecule has 7 heteroatoms. The van der Waals surface area contributed by atoms with E-state index in [2.05, 4.69) is 9.71 Å². The predicted molar refractivity (Wildman–Crippen MR) is 75.8 cm³/mol. The van der Waals surface area contributed by atoms with E-state index in [1.165, 1.54) is 18.2 Å². The Kier molecular flexibility index (Phi) is 4.40. The highest BCUT2D eigenvalue weighted by molar-refractivity contribution is 7.89. The molecule has 0 fully saturated rings. The van der Waals surface area contributed by atoms with Crippen molar-refractivity contribution in [2.24, 2.45) is 0 Å². The van der Waals surface area contributed by atoms with Crippen molar-refractivity contribution in [3.8, 4) is 6.07 Å². The zero-order chi connectivity index (χ0) is 15.5. The molecule has 0 saturated carbocycles. The summed E-state index contributed by atoms with van der Waals surface area (Å²) in [5.41, 5.74) is 1.07. The number of nitriles is 1. The Morgan fingerprint density at radius 1 is 1.43 bits per heavy atom. The summed E-state index contributed by atoms with van der Waals surface area (Å²) in [7, 11) is -3.66. The summed E-state index contributed by atoms with van der Waals surface area (Å²) >= 11 is 0. The van der Waals surface area contributed by atoms with E-state index >= 15 is 0 Å². The molecule has 2 aromatic rings. The van der Waals surface area contributed by atoms with E-state index < -0.39 is 10.0 Å². The fraction of sp³-hybridized carbons (Fsp3) is 0.286. The molecule has 0 atom stereocenters. The van der Waals surface area contributed by atoms with Crippen molar-refractivity contribution in [3.63, 3.8) is 0 Å². The van der Waals surface area contributed by atoms with Crippen LogP contribution in [0.25, 0.3) is 0 Å². The maximum atomic E-state index is 12.2. The SMILES string of the molecule is CCc1cnc(CNS(=O)(=O)c2ccc(C#N)c(C)c2)o1. The van der Waals surface area contributed by atoms with Crippen LogP contribution in [-0.4, -0.2) is 13.4 Å². The molecule has 110 valence electrons. The molecule has 1 heterocycles. The molecule has 1 aromatic heterocycles. The predicted octanol–water partition coefficient (Wildman–Crippen LogP) is 1.90. The average Bonchev–Trinajstić information content (AvgIpc) is 2.93. The molecule has 0 aliphatic carbocycles. The normalized spacial score (nSPS) is 11.3. The fourth-order valence-electron chi connectivity index (χ4n) is 1.76. The third-order valence-corrected chi connectivity index (χ3v) is 4.39. The van der Waals surface area contributed by atoms with Gasteiger partial charge >= 0.3 is 0 Å². The Morgan fingerprint density at radius 3 is 2.76 bits per heavy atom. The second-order valence-corrected chi connectivity index (χ2v) is 6.25. The molecule has 0 aliphatic heterocycles. The number of rotatable bonds is 5. The van der Waals surface area contributed by atoms with Crippen LogP contribution in [0.5, 0.6) is 0 Å². The minimum absolute atomic E-state index is 0.0125. The molecule has 1 aromatic carbocycles. The molecule has 0 spiro atoms. The van der Waals surface area contributed by atoms with E-state index in [1.807, 2.05) is 13.0 Å². The zero-order valence-electron chi connectivity index (χ0n) is 11.8. The summed E-state index contributed by atoms with van der Waals surface area (Å²) in [6.07, 6.45) is 2.28. The number of nitrogens with zero attached hydrogens (tertiary/aromatic N) is 2. The van der Waals surface area contributed by atoms with Crippen LogP contribution in [0.3, 0.4) is 0 Å². The number of hydrogen-bond acceptors (Lipinski definition) is 5. The van der Waals surface area contributed by atoms with Gasteiger partial charge in [-0.15, -0.1) is 0 Å². The lowest BCUT2D eigenvalue weighted by Gasteiger charge is -2.06. The molecule has 2 rings (SSSR count). The highest BCUT2D eigenvalue weighted by Crippen LogP contribution is 2.15. The topological polar surface area (TPSA) is 96.0 Å². The minimum Gasteiger partial charge on any atom is -0.444 e. The van der Waals surface area contributed by atoms with Crippen molar-refractivity contribution in [3.05, 3.63) is 47.2 Å². The molecule has 0 unspecified atom stereocenters. The number of nitrogens with one attached hydrogen (secondary N) is 1. The number of hydrogen-bond donors (Lipinski definition) is 1. The van der Waals surface area contributed by atoms with Gasteiger partial charge in [-0.25, -0.2) is 18.1 Å². The van der Waals surface area contributed by atoms with E-state index in [9.17, 15) is 8.42 Å². The third kappa shape index (κ3) is 3.48. The van der Waals surface area contributed by atoms with Crippen LogP contribution in [0, 0.1) is 18.3 Å². The molecular weight excluding hydrogens is 290 g/mol. The minimum atomic E-state index is -3.66. The molecule has 6 nitrogen and oxygen atoms in total. The molecular formula is C14H15N3O3S. The van der Waals surface area contributed by atoms with Crippen LogP contribution in [0.15, 0.2) is 33.7 Å². The van der Waals surface area contributed by atoms with Gasteiger partial charge in [-0.1, -0.05) is 6.92 Å². The van der Waals surface area contributed by atoms with Crippen molar-refractivity contribution in [2.75, 3.05) is 0 Å². The van der Waals surface area contributed by atoms with Gasteiger partial charge in [0.25, 0.3) is 0 Å². The molecule has 0 radical (unpaired) electrons. The first-order valence-electron chi connectivity index (χ1n) is 6.40. The molecule has 0 saturated heterocycles. The Labute approximate surface area is 123 Å². The first-order valence-corrected chi connectivity index (χ1v) is 7.88. The van der Waals surface area contributed by atoms with Gasteiger partial charge in [0.15, 0.2) is 0 Å². The van der Waals surface area contributed by atoms with Crippen LogP contribution in [0.1, 0.15) is 29.7 Å². The van der Waals surface area contributed by atoms with Crippen LogP contribution < -0.4 is 4.72 Å². The summed E-state index contributed by atoms with van der Waals surface area (Å²) in [5, 5.41) is 8.85. The monoisotopic (exact) mass is 305 g/mol. The van der Waals surface area contributed by atoms with E-state index in [4.69, 9.17) is 9.68 Å². The number of aryl methyl sites for hydroxylation is 2. The van der Waals surface area contributed by atoms with Gasteiger partial charge in [0.05, 0.1) is 29.3 Å². The number of sulfonamides is 1. The van der Waals surface area contributed by atoms with E-state index in [-0.39, 0.29) is 11.4 Å². The Bertz CT molecular complexity index is 788. The van der Waals surface area contributed by atoms with Crippen LogP contribution >= 0.6 is 0 Å². The van der Waals surface area contributed by atoms with Gasteiger partial charge in [0.1, 0.15) is 5.76 Å². The highest BCUT2D eigenvalue weighted by atomic mass is 32.2. The van der Waals surface area contributed by atoms with Gasteiger partial charge in [0, 0.05) is 6.42 Å². The Hall–Kier alpha value is -2.17. The van der Waals surface area contributed by atoms with Crippen LogP contribution in [0.2, 0.25) is 0 Å². The van der Waals surface area contributed by atoms with Crippen LogP contribution in [0.4, 0.5) is 0 Å². The first-order chi connectivity index (χ1) is 9.96. The van der Waals surface area contributed by atoms with Crippen LogP contribution in [-0.2, 0) is 23.0 Å². The number of aromatic nitrogens is 1. The number of benzene rings is 1. The van der Waals surface area contributed by atoms with Crippen molar-refractivity contribution in [1.29, 1.82) is 5.26 Å². The fourth-order valence-corrected chi connectivity index (χ4v) is 2.82.